The van der Waals surface area contributed by atoms with Gasteiger partial charge in [-0.3, -0.25) is 97.6 Å². The van der Waals surface area contributed by atoms with E-state index >= 15 is 0 Å². The Morgan fingerprint density at radius 3 is 1.03 bits per heavy atom. The highest BCUT2D eigenvalue weighted by molar-refractivity contribution is 7.80. The number of amides is 16. The molecule has 51 heteroatoms. The van der Waals surface area contributed by atoms with E-state index in [0.717, 1.165) is 0 Å². The van der Waals surface area contributed by atoms with Crippen LogP contribution in [0.2, 0.25) is 0 Å². The van der Waals surface area contributed by atoms with Crippen molar-refractivity contribution in [3.05, 3.63) is 65.7 Å². The number of phenols is 1. The predicted molar refractivity (Wildman–Crippen MR) is 476 cm³/mol. The number of aliphatic hydroxyl groups excluding tert-OH is 3. The topological polar surface area (TPSA) is 824 Å². The molecule has 35 N–H and O–H groups in total. The Morgan fingerprint density at radius 2 is 0.664 bits per heavy atom. The Balaban J connectivity index is 2.44. The van der Waals surface area contributed by atoms with Gasteiger partial charge in [-0.05, 0) is 118 Å². The molecule has 0 heterocycles. The molecule has 0 aliphatic rings. The fourth-order valence-corrected chi connectivity index (χ4v) is 13.1. The number of thiol groups is 2. The van der Waals surface area contributed by atoms with Crippen LogP contribution < -0.4 is 119 Å². The number of aliphatic carboxylic acids is 3. The van der Waals surface area contributed by atoms with Gasteiger partial charge in [0.1, 0.15) is 96.4 Å². The van der Waals surface area contributed by atoms with Crippen molar-refractivity contribution in [1.29, 1.82) is 5.41 Å². The van der Waals surface area contributed by atoms with Gasteiger partial charge in [0.05, 0.1) is 45.1 Å². The number of nitrogens with two attached hydrogens (primary N) is 5. The predicted octanol–water partition coefficient (Wildman–Crippen LogP) is -9.70. The molecule has 0 aromatic heterocycles. The number of aliphatic hydroxyl groups is 3. The summed E-state index contributed by atoms with van der Waals surface area (Å²) in [6.07, 6.45) is -3.37. The van der Waals surface area contributed by atoms with Gasteiger partial charge < -0.3 is 144 Å². The molecule has 16 atom stereocenters. The third kappa shape index (κ3) is 43.4. The Labute approximate surface area is 766 Å². The van der Waals surface area contributed by atoms with Crippen LogP contribution >= 0.6 is 25.3 Å². The third-order valence-corrected chi connectivity index (χ3v) is 20.4. The van der Waals surface area contributed by atoms with Crippen molar-refractivity contribution in [1.82, 2.24) is 90.5 Å². The molecule has 0 aliphatic heterocycles. The number of nitrogens with one attached hydrogen (secondary N) is 18. The summed E-state index contributed by atoms with van der Waals surface area (Å²) in [7, 11) is 0. The van der Waals surface area contributed by atoms with Crippen molar-refractivity contribution in [2.45, 2.75) is 235 Å². The number of phenolic OH excluding ortho intramolecular Hbond substituents is 1. The lowest BCUT2D eigenvalue weighted by molar-refractivity contribution is -0.143. The zero-order chi connectivity index (χ0) is 98.9. The molecule has 0 saturated heterocycles. The van der Waals surface area contributed by atoms with Crippen molar-refractivity contribution in [2.24, 2.45) is 46.5 Å². The van der Waals surface area contributed by atoms with Crippen LogP contribution in [-0.4, -0.2) is 302 Å². The van der Waals surface area contributed by atoms with E-state index in [2.05, 4.69) is 99.8 Å². The Bertz CT molecular complexity index is 4160. The lowest BCUT2D eigenvalue weighted by Gasteiger charge is -2.29. The van der Waals surface area contributed by atoms with E-state index in [1.165, 1.54) is 38.1 Å². The van der Waals surface area contributed by atoms with Gasteiger partial charge in [-0.1, -0.05) is 84.0 Å². The fraction of sp³-hybridized carbons (Fsp3) is 0.600. The minimum atomic E-state index is -2.26. The summed E-state index contributed by atoms with van der Waals surface area (Å²) < 4.78 is 0. The van der Waals surface area contributed by atoms with Crippen LogP contribution in [0.25, 0.3) is 0 Å². The molecule has 131 heavy (non-hydrogen) atoms. The molecule has 0 aliphatic carbocycles. The zero-order valence-electron chi connectivity index (χ0n) is 73.6. The number of carboxylic acids is 3. The lowest BCUT2D eigenvalue weighted by Crippen LogP contribution is -2.62. The lowest BCUT2D eigenvalue weighted by atomic mass is 10.0. The monoisotopic (exact) mass is 1890 g/mol. The van der Waals surface area contributed by atoms with Crippen molar-refractivity contribution < 1.29 is 127 Å². The van der Waals surface area contributed by atoms with Crippen LogP contribution in [0, 0.1) is 23.2 Å². The molecule has 0 saturated carbocycles. The van der Waals surface area contributed by atoms with Gasteiger partial charge in [-0.15, -0.1) is 0 Å². The highest BCUT2D eigenvalue weighted by Gasteiger charge is 2.41. The molecule has 2 aromatic carbocycles. The molecule has 8 unspecified atom stereocenters. The quantitative estimate of drug-likeness (QED) is 0.00730. The van der Waals surface area contributed by atoms with Gasteiger partial charge in [0, 0.05) is 30.9 Å². The van der Waals surface area contributed by atoms with Crippen LogP contribution in [0.1, 0.15) is 136 Å². The summed E-state index contributed by atoms with van der Waals surface area (Å²) in [6, 6.07) is -14.0. The zero-order valence-corrected chi connectivity index (χ0v) is 75.4. The number of carbonyl (C=O) groups excluding carboxylic acids is 16. The maximum Gasteiger partial charge on any atom is 0.328 e. The second kappa shape index (κ2) is 60.7. The van der Waals surface area contributed by atoms with E-state index in [4.69, 9.17) is 34.2 Å². The van der Waals surface area contributed by atoms with Crippen molar-refractivity contribution in [3.8, 4) is 5.75 Å². The van der Waals surface area contributed by atoms with Gasteiger partial charge in [0.2, 0.25) is 94.5 Å². The molecule has 0 fully saturated rings. The van der Waals surface area contributed by atoms with Gasteiger partial charge in [-0.25, -0.2) is 10.2 Å². The molecular formula is C80H129N23O26S2. The summed E-state index contributed by atoms with van der Waals surface area (Å²) in [5.41, 5.74) is 25.7. The molecule has 0 bridgehead atoms. The van der Waals surface area contributed by atoms with Crippen LogP contribution in [0.15, 0.2) is 54.6 Å². The van der Waals surface area contributed by atoms with E-state index in [1.54, 1.807) is 44.2 Å². The van der Waals surface area contributed by atoms with E-state index in [9.17, 15) is 127 Å². The Hall–Kier alpha value is -12.1. The van der Waals surface area contributed by atoms with Crippen molar-refractivity contribution >= 4 is 144 Å². The van der Waals surface area contributed by atoms with E-state index in [0.29, 0.717) is 24.0 Å². The van der Waals surface area contributed by atoms with Gasteiger partial charge >= 0.3 is 17.9 Å². The molecule has 2 aromatic rings. The smallest absolute Gasteiger partial charge is 0.328 e. The minimum absolute atomic E-state index is 0.0171. The van der Waals surface area contributed by atoms with E-state index in [-0.39, 0.29) is 107 Å². The van der Waals surface area contributed by atoms with Crippen molar-refractivity contribution in [2.75, 3.05) is 51.0 Å². The molecule has 0 radical (unpaired) electrons. The van der Waals surface area contributed by atoms with Crippen LogP contribution in [0.4, 0.5) is 0 Å². The fourth-order valence-electron chi connectivity index (χ4n) is 12.6. The number of guanidine groups is 1. The molecular weight excluding hydrogens is 1760 g/mol. The summed E-state index contributed by atoms with van der Waals surface area (Å²) in [4.78, 5) is 260. The van der Waals surface area contributed by atoms with Gasteiger partial charge in [0.15, 0.2) is 5.96 Å². The van der Waals surface area contributed by atoms with Crippen molar-refractivity contribution in [3.63, 3.8) is 0 Å². The summed E-state index contributed by atoms with van der Waals surface area (Å²) in [5.74, 6) is -20.7. The summed E-state index contributed by atoms with van der Waals surface area (Å²) in [5, 5.41) is 115. The van der Waals surface area contributed by atoms with Gasteiger partial charge in [-0.2, -0.15) is 25.3 Å². The highest BCUT2D eigenvalue weighted by Crippen LogP contribution is 2.17. The number of aromatic hydroxyl groups is 1. The molecule has 0 spiro atoms. The average molecular weight is 1890 g/mol. The minimum Gasteiger partial charge on any atom is -0.508 e. The Morgan fingerprint density at radius 1 is 0.359 bits per heavy atom. The standard InChI is InChI=1S/C80H129N23O26S2/c1-39(2)27-48(67(116)89-45(17-10-12-24-81)64(113)88-46(18-11-13-25-82)65(114)92-50(30-43-20-22-44(107)23-21-43)68(117)90-47(19-14-26-87-80(84)85)66(115)99-57(36-106)79(128)129)91-77(126)59(38-131)101-78(127)63(41(5)6)102-72(121)51(31-60(83)108)94-74(123)55(34-104)98-75(124)56(35-105)97-71(120)53(33-62(111)112)96-70(119)52(32-61(109)110)95-69(118)49(29-42-15-8-7-9-16-42)93-76(125)58(37-130)100-73(122)54(103-86)28-40(3)4/h7-9,15-16,20-23,39-41,45-59,63,103-107,130-131H,10-14,17-19,24-38,81-82,86H2,1-6H3,(H2,83,108)(H,88,113)(H,89,116)(H,90,117)(H,91,126)(H,92,114)(H,93,125)(H,94,123)(H,95,118)(H,96,119)(H,97,120)(H,98,124)(H,99,115)(H,100,122)(H,101,127)(H,102,121)(H,109,110)(H,111,112)(H,128,129)(H4,84,85,87)/t45?,46-,47-,48-,49-,50?,51?,52?,53-,54-,55-,56?,57?,58?,59?,63-/m0/s1. The first kappa shape index (κ1) is 115. The summed E-state index contributed by atoms with van der Waals surface area (Å²) >= 11 is 8.45. The summed E-state index contributed by atoms with van der Waals surface area (Å²) in [6.45, 7) is 6.40. The van der Waals surface area contributed by atoms with E-state index < -0.39 is 266 Å². The molecule has 16 amide bonds. The van der Waals surface area contributed by atoms with Crippen LogP contribution in [-0.2, 0) is 104 Å². The number of primary amides is 1. The number of hydrogen-bond acceptors (Lipinski definition) is 30. The molecule has 732 valence electrons. The molecule has 49 nitrogen and oxygen atoms in total. The van der Waals surface area contributed by atoms with E-state index in [1.807, 2.05) is 29.8 Å². The first-order chi connectivity index (χ1) is 61.8. The number of carbonyl (C=O) groups is 19. The third-order valence-electron chi connectivity index (χ3n) is 19.6. The number of carboxylic acid groups (broad SMARTS) is 3. The average Bonchev–Trinajstić information content (AvgIpc) is 0.851. The van der Waals surface area contributed by atoms with Gasteiger partial charge in [0.25, 0.3) is 0 Å². The first-order valence-corrected chi connectivity index (χ1v) is 43.4. The number of unbranched alkanes of at least 4 members (excludes halogenated alkanes) is 2. The molecule has 2 rings (SSSR count). The second-order valence-electron chi connectivity index (χ2n) is 31.8. The number of rotatable bonds is 64. The first-order valence-electron chi connectivity index (χ1n) is 42.1. The second-order valence-corrected chi connectivity index (χ2v) is 32.5. The SMILES string of the molecule is CC(C)C[C@H](NN)C(=O)NC(CS)C(=O)N[C@@H](Cc1ccccc1)C(=O)NC(CC(=O)O)C(=O)N[C@@H](CC(=O)O)C(=O)NC(CO)C(=O)N[C@@H](CO)C(=O)NC(CC(N)=O)C(=O)N[C@H](C(=O)NC(CS)C(=O)N[C@@H](CC(C)C)C(=O)NC(CCCCN)C(=O)N[C@@H](CCCCN)C(=O)NC(Cc1ccc(O)cc1)C(=O)N[C@@H](CCCNC(=N)N)C(=O)NC(CO)C(=O)O)C(C)C. The normalized spacial score (nSPS) is 14.8. The maximum atomic E-state index is 14.6. The van der Waals surface area contributed by atoms with Crippen LogP contribution in [0.3, 0.4) is 0 Å². The largest absolute Gasteiger partial charge is 0.508 e. The number of hydrogen-bond donors (Lipinski definition) is 32. The number of benzene rings is 2. The number of hydrazine groups is 1. The highest BCUT2D eigenvalue weighted by atomic mass is 32.1. The Kier molecular flexibility index (Phi) is 53.2. The van der Waals surface area contributed by atoms with Crippen LogP contribution in [0.5, 0.6) is 5.75 Å². The maximum absolute atomic E-state index is 14.6.